The van der Waals surface area contributed by atoms with Crippen molar-refractivity contribution in [2.75, 3.05) is 32.0 Å². The Morgan fingerprint density at radius 1 is 1.09 bits per heavy atom. The van der Waals surface area contributed by atoms with Gasteiger partial charge in [0, 0.05) is 16.7 Å². The number of nitrogens with one attached hydrogen (secondary N) is 1. The standard InChI is InChI=1S/C14H21N5O12S3/c1-8-5-19(13(21)16-11(8)20)12-9(31-34(4,26)27)10(17-18-15)14(30-12,6-28-32(2,22)23)7-29-33(3,24)25/h5,9-10,12H,6-7H2,1-4H3,(H,16,20,21)/t9-,10+,12-/m1/s1. The van der Waals surface area contributed by atoms with Gasteiger partial charge in [-0.05, 0) is 12.5 Å². The molecule has 0 amide bonds. The minimum absolute atomic E-state index is 0.0149. The first-order chi connectivity index (χ1) is 15.4. The monoisotopic (exact) mass is 547 g/mol. The van der Waals surface area contributed by atoms with E-state index in [2.05, 4.69) is 10.0 Å². The van der Waals surface area contributed by atoms with E-state index in [9.17, 15) is 34.8 Å². The summed E-state index contributed by atoms with van der Waals surface area (Å²) in [6.45, 7) is -0.738. The van der Waals surface area contributed by atoms with Gasteiger partial charge >= 0.3 is 5.69 Å². The van der Waals surface area contributed by atoms with Crippen LogP contribution >= 0.6 is 0 Å². The van der Waals surface area contributed by atoms with Crippen LogP contribution in [-0.4, -0.2) is 84.5 Å². The lowest BCUT2D eigenvalue weighted by atomic mass is 9.95. The number of aromatic amines is 1. The quantitative estimate of drug-likeness (QED) is 0.146. The number of hydrogen-bond acceptors (Lipinski definition) is 13. The highest BCUT2D eigenvalue weighted by atomic mass is 32.2. The fourth-order valence-corrected chi connectivity index (χ4v) is 4.48. The third-order valence-electron chi connectivity index (χ3n) is 4.40. The molecule has 34 heavy (non-hydrogen) atoms. The predicted molar refractivity (Wildman–Crippen MR) is 113 cm³/mol. The molecule has 0 saturated carbocycles. The number of H-pyrrole nitrogens is 1. The first kappa shape index (κ1) is 27.9. The van der Waals surface area contributed by atoms with Crippen LogP contribution in [0.1, 0.15) is 11.8 Å². The lowest BCUT2D eigenvalue weighted by Crippen LogP contribution is -2.51. The summed E-state index contributed by atoms with van der Waals surface area (Å²) in [6, 6.07) is -1.81. The second-order valence-corrected chi connectivity index (χ2v) is 12.3. The number of ether oxygens (including phenoxy) is 1. The van der Waals surface area contributed by atoms with E-state index < -0.39 is 78.8 Å². The zero-order valence-corrected chi connectivity index (χ0v) is 20.6. The van der Waals surface area contributed by atoms with Crippen LogP contribution in [0, 0.1) is 6.92 Å². The van der Waals surface area contributed by atoms with E-state index in [0.717, 1.165) is 6.20 Å². The van der Waals surface area contributed by atoms with Crippen LogP contribution in [0.5, 0.6) is 0 Å². The summed E-state index contributed by atoms with van der Waals surface area (Å²) in [7, 11) is -12.7. The van der Waals surface area contributed by atoms with Crippen LogP contribution in [0.2, 0.25) is 0 Å². The first-order valence-electron chi connectivity index (χ1n) is 8.99. The molecule has 2 rings (SSSR count). The van der Waals surface area contributed by atoms with Crippen molar-refractivity contribution in [2.45, 2.75) is 30.9 Å². The lowest BCUT2D eigenvalue weighted by Gasteiger charge is -2.31. The molecule has 20 heteroatoms. The summed E-state index contributed by atoms with van der Waals surface area (Å²) in [5, 5.41) is 3.42. The average molecular weight is 548 g/mol. The fourth-order valence-electron chi connectivity index (χ4n) is 3.05. The van der Waals surface area contributed by atoms with Gasteiger partial charge in [0.2, 0.25) is 0 Å². The first-order valence-corrected chi connectivity index (χ1v) is 14.4. The predicted octanol–water partition coefficient (Wildman–Crippen LogP) is -1.91. The Hall–Kier alpha value is -2.32. The fraction of sp³-hybridized carbons (Fsp3) is 0.714. The summed E-state index contributed by atoms with van der Waals surface area (Å²) in [4.78, 5) is 28.8. The van der Waals surface area contributed by atoms with Crippen molar-refractivity contribution in [2.24, 2.45) is 5.11 Å². The van der Waals surface area contributed by atoms with Gasteiger partial charge in [-0.2, -0.15) is 25.3 Å². The summed E-state index contributed by atoms with van der Waals surface area (Å²) < 4.78 is 91.3. The van der Waals surface area contributed by atoms with Gasteiger partial charge in [-0.3, -0.25) is 26.9 Å². The molecule has 0 aromatic carbocycles. The number of aryl methyl sites for hydroxylation is 1. The molecule has 192 valence electrons. The Balaban J connectivity index is 2.79. The number of aromatic nitrogens is 2. The van der Waals surface area contributed by atoms with Crippen molar-refractivity contribution >= 4 is 30.4 Å². The second-order valence-electron chi connectivity index (χ2n) is 7.40. The summed E-state index contributed by atoms with van der Waals surface area (Å²) in [5.74, 6) is 0. The third-order valence-corrected chi connectivity index (χ3v) is 6.07. The van der Waals surface area contributed by atoms with Crippen molar-refractivity contribution in [1.82, 2.24) is 9.55 Å². The van der Waals surface area contributed by atoms with Gasteiger partial charge in [0.25, 0.3) is 35.9 Å². The molecule has 3 atom stereocenters. The maximum atomic E-state index is 12.5. The molecule has 0 bridgehead atoms. The van der Waals surface area contributed by atoms with Crippen LogP contribution in [0.3, 0.4) is 0 Å². The molecule has 2 heterocycles. The Kier molecular flexibility index (Phi) is 8.00. The molecule has 17 nitrogen and oxygen atoms in total. The zero-order valence-electron chi connectivity index (χ0n) is 18.1. The lowest BCUT2D eigenvalue weighted by molar-refractivity contribution is -0.121. The van der Waals surface area contributed by atoms with E-state index in [0.29, 0.717) is 23.3 Å². The summed E-state index contributed by atoms with van der Waals surface area (Å²) >= 11 is 0. The molecule has 0 spiro atoms. The normalized spacial score (nSPS) is 22.9. The molecule has 1 aliphatic rings. The molecule has 0 aliphatic carbocycles. The van der Waals surface area contributed by atoms with E-state index in [-0.39, 0.29) is 5.56 Å². The largest absolute Gasteiger partial charge is 0.343 e. The van der Waals surface area contributed by atoms with Crippen LogP contribution < -0.4 is 11.2 Å². The number of nitrogens with zero attached hydrogens (tertiary/aromatic N) is 4. The van der Waals surface area contributed by atoms with Gasteiger partial charge in [-0.1, -0.05) is 5.11 Å². The number of azide groups is 1. The molecule has 1 saturated heterocycles. The molecule has 0 unspecified atom stereocenters. The van der Waals surface area contributed by atoms with E-state index >= 15 is 0 Å². The highest BCUT2D eigenvalue weighted by Crippen LogP contribution is 2.42. The SMILES string of the molecule is Cc1cn([C@@H]2OC(COS(C)(=O)=O)(COS(C)(=O)=O)[C@@H](N=[N+]=[N-])[C@H]2OS(C)(=O)=O)c(=O)[nH]c1=O. The van der Waals surface area contributed by atoms with Gasteiger partial charge in [-0.25, -0.2) is 4.79 Å². The van der Waals surface area contributed by atoms with Gasteiger partial charge in [-0.15, -0.1) is 0 Å². The molecule has 1 fully saturated rings. The van der Waals surface area contributed by atoms with E-state index in [1.165, 1.54) is 6.92 Å². The van der Waals surface area contributed by atoms with E-state index in [4.69, 9.17) is 22.8 Å². The number of hydrogen-bond donors (Lipinski definition) is 1. The van der Waals surface area contributed by atoms with E-state index in [1.54, 1.807) is 0 Å². The molecule has 0 radical (unpaired) electrons. The zero-order chi connectivity index (χ0) is 26.1. The Morgan fingerprint density at radius 2 is 1.62 bits per heavy atom. The summed E-state index contributed by atoms with van der Waals surface area (Å²) in [5.41, 5.74) is 4.93. The average Bonchev–Trinajstić information content (AvgIpc) is 2.93. The van der Waals surface area contributed by atoms with Crippen LogP contribution in [0.25, 0.3) is 10.4 Å². The van der Waals surface area contributed by atoms with Crippen LogP contribution in [-0.2, 0) is 47.6 Å². The molecule has 1 aliphatic heterocycles. The Morgan fingerprint density at radius 3 is 2.06 bits per heavy atom. The molecule has 1 N–H and O–H groups in total. The maximum Gasteiger partial charge on any atom is 0.330 e. The van der Waals surface area contributed by atoms with Gasteiger partial charge in [0.05, 0.1) is 32.0 Å². The topological polar surface area (TPSA) is 243 Å². The highest BCUT2D eigenvalue weighted by molar-refractivity contribution is 7.86. The van der Waals surface area contributed by atoms with Gasteiger partial charge in [0.15, 0.2) is 6.23 Å². The molecular formula is C14H21N5O12S3. The second kappa shape index (κ2) is 9.74. The highest BCUT2D eigenvalue weighted by Gasteiger charge is 2.59. The van der Waals surface area contributed by atoms with E-state index in [1.807, 2.05) is 4.98 Å². The van der Waals surface area contributed by atoms with Gasteiger partial charge in [0.1, 0.15) is 17.7 Å². The van der Waals surface area contributed by atoms with Gasteiger partial charge < -0.3 is 4.74 Å². The maximum absolute atomic E-state index is 12.5. The van der Waals surface area contributed by atoms with Crippen molar-refractivity contribution in [3.05, 3.63) is 43.0 Å². The van der Waals surface area contributed by atoms with Crippen molar-refractivity contribution < 1.29 is 42.5 Å². The minimum atomic E-state index is -4.34. The minimum Gasteiger partial charge on any atom is -0.343 e. The molecule has 1 aromatic rings. The molecular weight excluding hydrogens is 526 g/mol. The number of rotatable bonds is 10. The summed E-state index contributed by atoms with van der Waals surface area (Å²) in [6.07, 6.45) is -0.679. The third kappa shape index (κ3) is 7.09. The van der Waals surface area contributed by atoms with Crippen molar-refractivity contribution in [1.29, 1.82) is 0 Å². The van der Waals surface area contributed by atoms with Crippen molar-refractivity contribution in [3.8, 4) is 0 Å². The van der Waals surface area contributed by atoms with Crippen LogP contribution in [0.4, 0.5) is 0 Å². The van der Waals surface area contributed by atoms with Crippen LogP contribution in [0.15, 0.2) is 20.9 Å². The molecule has 1 aromatic heterocycles. The Labute approximate surface area is 193 Å². The smallest absolute Gasteiger partial charge is 0.330 e. The Bertz CT molecular complexity index is 1390. The van der Waals surface area contributed by atoms with Crippen molar-refractivity contribution in [3.63, 3.8) is 0 Å².